The van der Waals surface area contributed by atoms with E-state index in [2.05, 4.69) is 15.8 Å². The molecule has 18 heavy (non-hydrogen) atoms. The minimum absolute atomic E-state index is 0.173. The van der Waals surface area contributed by atoms with Crippen LogP contribution in [0.1, 0.15) is 31.9 Å². The van der Waals surface area contributed by atoms with Gasteiger partial charge in [0.1, 0.15) is 6.04 Å². The number of hydrogen-bond acceptors (Lipinski definition) is 4. The minimum Gasteiger partial charge on any atom is -0.480 e. The molecule has 3 N–H and O–H groups in total. The Morgan fingerprint density at radius 2 is 2.33 bits per heavy atom. The molecule has 100 valence electrons. The maximum Gasteiger partial charge on any atom is 0.326 e. The average Bonchev–Trinajstić information content (AvgIpc) is 2.84. The number of aromatic nitrogens is 1. The summed E-state index contributed by atoms with van der Waals surface area (Å²) < 4.78 is 4.79. The summed E-state index contributed by atoms with van der Waals surface area (Å²) in [6, 6.07) is 0.223. The molecular formula is C11H17N3O4. The second-order valence-corrected chi connectivity index (χ2v) is 3.84. The number of hydrogen-bond donors (Lipinski definition) is 3. The van der Waals surface area contributed by atoms with Gasteiger partial charge in [-0.3, -0.25) is 0 Å². The van der Waals surface area contributed by atoms with Crippen LogP contribution in [0.3, 0.4) is 0 Å². The van der Waals surface area contributed by atoms with Crippen molar-refractivity contribution in [2.24, 2.45) is 0 Å². The molecule has 1 aromatic rings. The summed E-state index contributed by atoms with van der Waals surface area (Å²) >= 11 is 0. The van der Waals surface area contributed by atoms with Crippen LogP contribution in [0.4, 0.5) is 4.79 Å². The molecule has 0 bridgehead atoms. The van der Waals surface area contributed by atoms with Gasteiger partial charge in [-0.15, -0.1) is 0 Å². The number of amides is 2. The van der Waals surface area contributed by atoms with E-state index in [1.165, 1.54) is 6.20 Å². The molecule has 0 aliphatic carbocycles. The van der Waals surface area contributed by atoms with Gasteiger partial charge in [-0.1, -0.05) is 24.9 Å². The predicted molar refractivity (Wildman–Crippen MR) is 62.8 cm³/mol. The highest BCUT2D eigenvalue weighted by Crippen LogP contribution is 2.01. The second kappa shape index (κ2) is 7.31. The van der Waals surface area contributed by atoms with Gasteiger partial charge in [0.05, 0.1) is 12.7 Å². The predicted octanol–water partition coefficient (Wildman–Crippen LogP) is 1.12. The monoisotopic (exact) mass is 255 g/mol. The molecule has 0 fully saturated rings. The molecule has 7 nitrogen and oxygen atoms in total. The Labute approximate surface area is 105 Å². The molecular weight excluding hydrogens is 238 g/mol. The fraction of sp³-hybridized carbons (Fsp3) is 0.545. The smallest absolute Gasteiger partial charge is 0.326 e. The molecule has 7 heteroatoms. The van der Waals surface area contributed by atoms with E-state index >= 15 is 0 Å². The van der Waals surface area contributed by atoms with Crippen LogP contribution in [0.2, 0.25) is 0 Å². The first kappa shape index (κ1) is 14.0. The lowest BCUT2D eigenvalue weighted by molar-refractivity contribution is -0.139. The Kier molecular flexibility index (Phi) is 5.69. The number of carboxylic acids is 1. The zero-order chi connectivity index (χ0) is 13.4. The number of carbonyl (C=O) groups excluding carboxylic acids is 1. The van der Waals surface area contributed by atoms with Crippen molar-refractivity contribution in [1.29, 1.82) is 0 Å². The van der Waals surface area contributed by atoms with Crippen molar-refractivity contribution in [1.82, 2.24) is 15.8 Å². The van der Waals surface area contributed by atoms with Crippen molar-refractivity contribution in [3.63, 3.8) is 0 Å². The van der Waals surface area contributed by atoms with E-state index in [4.69, 9.17) is 9.63 Å². The van der Waals surface area contributed by atoms with Gasteiger partial charge in [0.15, 0.2) is 5.76 Å². The summed E-state index contributed by atoms with van der Waals surface area (Å²) in [6.07, 6.45) is 3.52. The standard InChI is InChI=1S/C11H17N3O4/c1-2-3-4-9(10(15)16)14-11(17)12-7-8-5-6-13-18-8/h5-6,9H,2-4,7H2,1H3,(H,15,16)(H2,12,14,17). The minimum atomic E-state index is -1.03. The quantitative estimate of drug-likeness (QED) is 0.677. The van der Waals surface area contributed by atoms with Crippen LogP contribution in [-0.4, -0.2) is 28.3 Å². The highest BCUT2D eigenvalue weighted by Gasteiger charge is 2.18. The molecule has 1 atom stereocenters. The molecule has 1 aromatic heterocycles. The Morgan fingerprint density at radius 1 is 1.56 bits per heavy atom. The molecule has 0 spiro atoms. The summed E-state index contributed by atoms with van der Waals surface area (Å²) in [5.41, 5.74) is 0. The zero-order valence-electron chi connectivity index (χ0n) is 10.2. The number of carboxylic acid groups (broad SMARTS) is 1. The van der Waals surface area contributed by atoms with Crippen molar-refractivity contribution < 1.29 is 19.2 Å². The molecule has 0 aromatic carbocycles. The maximum absolute atomic E-state index is 11.5. The van der Waals surface area contributed by atoms with Gasteiger partial charge >= 0.3 is 12.0 Å². The molecule has 0 radical (unpaired) electrons. The number of urea groups is 1. The van der Waals surface area contributed by atoms with E-state index in [0.29, 0.717) is 12.2 Å². The molecule has 0 saturated carbocycles. The van der Waals surface area contributed by atoms with Crippen molar-refractivity contribution >= 4 is 12.0 Å². The molecule has 0 aliphatic heterocycles. The molecule has 0 aliphatic rings. The average molecular weight is 255 g/mol. The summed E-state index contributed by atoms with van der Waals surface area (Å²) in [5, 5.41) is 17.3. The normalized spacial score (nSPS) is 11.8. The van der Waals surface area contributed by atoms with Gasteiger partial charge in [-0.05, 0) is 6.42 Å². The first-order chi connectivity index (χ1) is 8.63. The third kappa shape index (κ3) is 4.86. The number of carbonyl (C=O) groups is 2. The third-order valence-corrected chi connectivity index (χ3v) is 2.36. The van der Waals surface area contributed by atoms with Crippen LogP contribution in [0.15, 0.2) is 16.8 Å². The Hall–Kier alpha value is -2.05. The van der Waals surface area contributed by atoms with Crippen LogP contribution < -0.4 is 10.6 Å². The molecule has 1 heterocycles. The highest BCUT2D eigenvalue weighted by atomic mass is 16.5. The molecule has 2 amide bonds. The van der Waals surface area contributed by atoms with E-state index in [1.54, 1.807) is 6.07 Å². The molecule has 1 unspecified atom stereocenters. The van der Waals surface area contributed by atoms with Gasteiger partial charge in [0, 0.05) is 6.07 Å². The lowest BCUT2D eigenvalue weighted by Crippen LogP contribution is -2.45. The number of nitrogens with one attached hydrogen (secondary N) is 2. The number of rotatable bonds is 7. The molecule has 0 saturated heterocycles. The van der Waals surface area contributed by atoms with Crippen LogP contribution in [0.25, 0.3) is 0 Å². The van der Waals surface area contributed by atoms with E-state index in [9.17, 15) is 9.59 Å². The fourth-order valence-corrected chi connectivity index (χ4v) is 1.38. The van der Waals surface area contributed by atoms with Gasteiger partial charge in [-0.25, -0.2) is 9.59 Å². The van der Waals surface area contributed by atoms with Crippen LogP contribution in [0.5, 0.6) is 0 Å². The van der Waals surface area contributed by atoms with E-state index in [1.807, 2.05) is 6.92 Å². The zero-order valence-corrected chi connectivity index (χ0v) is 10.2. The maximum atomic E-state index is 11.5. The van der Waals surface area contributed by atoms with Crippen molar-refractivity contribution in [3.05, 3.63) is 18.0 Å². The number of nitrogens with zero attached hydrogens (tertiary/aromatic N) is 1. The van der Waals surface area contributed by atoms with Crippen molar-refractivity contribution in [2.45, 2.75) is 38.8 Å². The third-order valence-electron chi connectivity index (χ3n) is 2.36. The summed E-state index contributed by atoms with van der Waals surface area (Å²) in [6.45, 7) is 2.13. The van der Waals surface area contributed by atoms with Crippen molar-refractivity contribution in [2.75, 3.05) is 0 Å². The van der Waals surface area contributed by atoms with E-state index in [-0.39, 0.29) is 6.54 Å². The molecule has 1 rings (SSSR count). The van der Waals surface area contributed by atoms with E-state index in [0.717, 1.165) is 12.8 Å². The summed E-state index contributed by atoms with van der Waals surface area (Å²) in [4.78, 5) is 22.4. The van der Waals surface area contributed by atoms with Crippen LogP contribution >= 0.6 is 0 Å². The SMILES string of the molecule is CCCCC(NC(=O)NCc1ccno1)C(=O)O. The topological polar surface area (TPSA) is 104 Å². The van der Waals surface area contributed by atoms with E-state index < -0.39 is 18.0 Å². The van der Waals surface area contributed by atoms with Crippen molar-refractivity contribution in [3.8, 4) is 0 Å². The highest BCUT2D eigenvalue weighted by molar-refractivity contribution is 5.82. The summed E-state index contributed by atoms with van der Waals surface area (Å²) in [7, 11) is 0. The lowest BCUT2D eigenvalue weighted by Gasteiger charge is -2.14. The van der Waals surface area contributed by atoms with Gasteiger partial charge in [0.25, 0.3) is 0 Å². The largest absolute Gasteiger partial charge is 0.480 e. The second-order valence-electron chi connectivity index (χ2n) is 3.84. The fourth-order valence-electron chi connectivity index (χ4n) is 1.38. The lowest BCUT2D eigenvalue weighted by atomic mass is 10.1. The van der Waals surface area contributed by atoms with Gasteiger partial charge in [0.2, 0.25) is 0 Å². The number of aliphatic carboxylic acids is 1. The first-order valence-electron chi connectivity index (χ1n) is 5.80. The Morgan fingerprint density at radius 3 is 2.89 bits per heavy atom. The van der Waals surface area contributed by atoms with Gasteiger partial charge in [-0.2, -0.15) is 0 Å². The summed E-state index contributed by atoms with van der Waals surface area (Å²) in [5.74, 6) is -0.524. The number of unbranched alkanes of at least 4 members (excludes halogenated alkanes) is 1. The van der Waals surface area contributed by atoms with Gasteiger partial charge < -0.3 is 20.3 Å². The first-order valence-corrected chi connectivity index (χ1v) is 5.80. The van der Waals surface area contributed by atoms with Crippen LogP contribution in [0, 0.1) is 0 Å². The van der Waals surface area contributed by atoms with Crippen LogP contribution in [-0.2, 0) is 11.3 Å². The Bertz CT molecular complexity index is 378. The Balaban J connectivity index is 2.34.